The van der Waals surface area contributed by atoms with E-state index in [4.69, 9.17) is 5.73 Å². The van der Waals surface area contributed by atoms with E-state index < -0.39 is 0 Å². The molecule has 0 aromatic carbocycles. The summed E-state index contributed by atoms with van der Waals surface area (Å²) in [6.07, 6.45) is 1.71. The number of nitrogens with two attached hydrogens (primary N) is 1. The van der Waals surface area contributed by atoms with Crippen LogP contribution in [-0.4, -0.2) is 19.6 Å². The Hall–Kier alpha value is -1.62. The summed E-state index contributed by atoms with van der Waals surface area (Å²) in [6, 6.07) is 4.09. The average Bonchev–Trinajstić information content (AvgIpc) is 2.84. The van der Waals surface area contributed by atoms with Gasteiger partial charge in [0.25, 0.3) is 0 Å². The third-order valence-electron chi connectivity index (χ3n) is 3.33. The van der Waals surface area contributed by atoms with E-state index in [2.05, 4.69) is 23.2 Å². The molecule has 2 N–H and O–H groups in total. The van der Waals surface area contributed by atoms with Crippen molar-refractivity contribution in [3.05, 3.63) is 34.9 Å². The lowest BCUT2D eigenvalue weighted by Crippen LogP contribution is -2.16. The second-order valence-electron chi connectivity index (χ2n) is 4.75. The fourth-order valence-corrected chi connectivity index (χ4v) is 2.03. The molecule has 0 aliphatic carbocycles. The summed E-state index contributed by atoms with van der Waals surface area (Å²) in [5.41, 5.74) is 10.5. The van der Waals surface area contributed by atoms with Gasteiger partial charge in [-0.2, -0.15) is 10.2 Å². The van der Waals surface area contributed by atoms with Gasteiger partial charge in [0.15, 0.2) is 0 Å². The highest BCUT2D eigenvalue weighted by atomic mass is 15.3. The Morgan fingerprint density at radius 1 is 1.22 bits per heavy atom. The van der Waals surface area contributed by atoms with Gasteiger partial charge < -0.3 is 5.73 Å². The Kier molecular flexibility index (Phi) is 3.52. The Labute approximate surface area is 108 Å². The molecule has 18 heavy (non-hydrogen) atoms. The standard InChI is InChI=1S/C13H21N5/c1-5-10-7-11(18(4)15-10)8-12(14)13-6-9(2)17(3)16-13/h6-7,12H,5,8,14H2,1-4H3. The summed E-state index contributed by atoms with van der Waals surface area (Å²) >= 11 is 0. The molecule has 2 rings (SSSR count). The summed E-state index contributed by atoms with van der Waals surface area (Å²) in [7, 11) is 3.90. The van der Waals surface area contributed by atoms with Gasteiger partial charge >= 0.3 is 0 Å². The van der Waals surface area contributed by atoms with Crippen LogP contribution in [-0.2, 0) is 26.9 Å². The van der Waals surface area contributed by atoms with Gasteiger partial charge in [0.05, 0.1) is 17.4 Å². The maximum Gasteiger partial charge on any atom is 0.0798 e. The first-order valence-corrected chi connectivity index (χ1v) is 6.29. The van der Waals surface area contributed by atoms with E-state index in [1.165, 1.54) is 0 Å². The van der Waals surface area contributed by atoms with Crippen LogP contribution in [0.15, 0.2) is 12.1 Å². The number of hydrogen-bond donors (Lipinski definition) is 1. The van der Waals surface area contributed by atoms with Crippen molar-refractivity contribution in [3.8, 4) is 0 Å². The van der Waals surface area contributed by atoms with Crippen molar-refractivity contribution in [3.63, 3.8) is 0 Å². The summed E-state index contributed by atoms with van der Waals surface area (Å²) in [6.45, 7) is 4.14. The van der Waals surface area contributed by atoms with Crippen molar-refractivity contribution in [1.29, 1.82) is 0 Å². The number of aryl methyl sites for hydroxylation is 4. The number of hydrogen-bond acceptors (Lipinski definition) is 3. The molecular weight excluding hydrogens is 226 g/mol. The summed E-state index contributed by atoms with van der Waals surface area (Å²) in [5, 5.41) is 8.86. The minimum Gasteiger partial charge on any atom is -0.322 e. The van der Waals surface area contributed by atoms with E-state index in [9.17, 15) is 0 Å². The van der Waals surface area contributed by atoms with Crippen LogP contribution >= 0.6 is 0 Å². The van der Waals surface area contributed by atoms with Crippen LogP contribution in [0.1, 0.15) is 35.7 Å². The Bertz CT molecular complexity index is 518. The fourth-order valence-electron chi connectivity index (χ4n) is 2.03. The van der Waals surface area contributed by atoms with Crippen LogP contribution in [0.3, 0.4) is 0 Å². The average molecular weight is 247 g/mol. The third kappa shape index (κ3) is 2.46. The lowest BCUT2D eigenvalue weighted by atomic mass is 10.1. The second-order valence-corrected chi connectivity index (χ2v) is 4.75. The number of aromatic nitrogens is 4. The Balaban J connectivity index is 2.15. The van der Waals surface area contributed by atoms with Crippen LogP contribution < -0.4 is 5.73 Å². The van der Waals surface area contributed by atoms with Crippen LogP contribution in [0.25, 0.3) is 0 Å². The van der Waals surface area contributed by atoms with Crippen LogP contribution in [0, 0.1) is 6.92 Å². The molecule has 0 aliphatic rings. The molecule has 0 spiro atoms. The minimum atomic E-state index is -0.0787. The van der Waals surface area contributed by atoms with Gasteiger partial charge in [-0.05, 0) is 25.5 Å². The topological polar surface area (TPSA) is 61.7 Å². The molecule has 0 saturated carbocycles. The highest BCUT2D eigenvalue weighted by Gasteiger charge is 2.14. The Morgan fingerprint density at radius 3 is 2.44 bits per heavy atom. The zero-order valence-corrected chi connectivity index (χ0v) is 11.5. The zero-order chi connectivity index (χ0) is 13.3. The molecule has 5 heteroatoms. The molecule has 0 radical (unpaired) electrons. The molecule has 0 fully saturated rings. The molecule has 0 aliphatic heterocycles. The molecule has 0 bridgehead atoms. The summed E-state index contributed by atoms with van der Waals surface area (Å²) < 4.78 is 3.77. The van der Waals surface area contributed by atoms with Crippen molar-refractivity contribution >= 4 is 0 Å². The van der Waals surface area contributed by atoms with Crippen molar-refractivity contribution in [2.24, 2.45) is 19.8 Å². The largest absolute Gasteiger partial charge is 0.322 e. The van der Waals surface area contributed by atoms with Gasteiger partial charge in [0.2, 0.25) is 0 Å². The third-order valence-corrected chi connectivity index (χ3v) is 3.33. The van der Waals surface area contributed by atoms with E-state index in [1.54, 1.807) is 0 Å². The molecule has 98 valence electrons. The second kappa shape index (κ2) is 4.94. The molecule has 1 atom stereocenters. The molecule has 5 nitrogen and oxygen atoms in total. The molecule has 0 amide bonds. The monoisotopic (exact) mass is 247 g/mol. The normalized spacial score (nSPS) is 12.9. The number of rotatable bonds is 4. The molecule has 2 aromatic rings. The van der Waals surface area contributed by atoms with Gasteiger partial charge in [-0.15, -0.1) is 0 Å². The van der Waals surface area contributed by atoms with Crippen LogP contribution in [0.4, 0.5) is 0 Å². The van der Waals surface area contributed by atoms with Gasteiger partial charge in [0.1, 0.15) is 0 Å². The van der Waals surface area contributed by atoms with E-state index in [-0.39, 0.29) is 6.04 Å². The first-order valence-electron chi connectivity index (χ1n) is 6.29. The zero-order valence-electron chi connectivity index (χ0n) is 11.5. The van der Waals surface area contributed by atoms with E-state index in [0.29, 0.717) is 0 Å². The van der Waals surface area contributed by atoms with Gasteiger partial charge in [-0.25, -0.2) is 0 Å². The quantitative estimate of drug-likeness (QED) is 0.885. The van der Waals surface area contributed by atoms with Crippen molar-refractivity contribution < 1.29 is 0 Å². The first-order chi connectivity index (χ1) is 8.51. The smallest absolute Gasteiger partial charge is 0.0798 e. The fraction of sp³-hybridized carbons (Fsp3) is 0.538. The minimum absolute atomic E-state index is 0.0787. The van der Waals surface area contributed by atoms with Crippen molar-refractivity contribution in [2.75, 3.05) is 0 Å². The summed E-state index contributed by atoms with van der Waals surface area (Å²) in [4.78, 5) is 0. The molecular formula is C13H21N5. The Morgan fingerprint density at radius 2 is 1.94 bits per heavy atom. The maximum atomic E-state index is 6.21. The molecule has 0 saturated heterocycles. The number of nitrogens with zero attached hydrogens (tertiary/aromatic N) is 4. The molecule has 2 aromatic heterocycles. The van der Waals surface area contributed by atoms with Crippen molar-refractivity contribution in [2.45, 2.75) is 32.7 Å². The highest BCUT2D eigenvalue weighted by molar-refractivity contribution is 5.17. The predicted molar refractivity (Wildman–Crippen MR) is 71.2 cm³/mol. The molecule has 1 unspecified atom stereocenters. The van der Waals surface area contributed by atoms with E-state index in [1.807, 2.05) is 36.4 Å². The van der Waals surface area contributed by atoms with Crippen LogP contribution in [0.2, 0.25) is 0 Å². The van der Waals surface area contributed by atoms with Gasteiger partial charge in [0, 0.05) is 31.9 Å². The predicted octanol–water partition coefficient (Wildman–Crippen LogP) is 1.27. The lowest BCUT2D eigenvalue weighted by molar-refractivity contribution is 0.612. The summed E-state index contributed by atoms with van der Waals surface area (Å²) in [5.74, 6) is 0. The maximum absolute atomic E-state index is 6.21. The highest BCUT2D eigenvalue weighted by Crippen LogP contribution is 2.16. The first kappa shape index (κ1) is 12.8. The lowest BCUT2D eigenvalue weighted by Gasteiger charge is -2.08. The van der Waals surface area contributed by atoms with E-state index >= 15 is 0 Å². The molecule has 2 heterocycles. The van der Waals surface area contributed by atoms with Crippen molar-refractivity contribution in [1.82, 2.24) is 19.6 Å². The van der Waals surface area contributed by atoms with Gasteiger partial charge in [-0.1, -0.05) is 6.92 Å². The van der Waals surface area contributed by atoms with E-state index in [0.717, 1.165) is 35.6 Å². The van der Waals surface area contributed by atoms with Gasteiger partial charge in [-0.3, -0.25) is 9.36 Å². The van der Waals surface area contributed by atoms with Crippen LogP contribution in [0.5, 0.6) is 0 Å². The SMILES string of the molecule is CCc1cc(CC(N)c2cc(C)n(C)n2)n(C)n1.